The van der Waals surface area contributed by atoms with Crippen LogP contribution in [-0.2, 0) is 16.6 Å². The summed E-state index contributed by atoms with van der Waals surface area (Å²) in [5.74, 6) is 6.50. The fourth-order valence-corrected chi connectivity index (χ4v) is 6.02. The summed E-state index contributed by atoms with van der Waals surface area (Å²) in [5, 5.41) is 9.80. The lowest BCUT2D eigenvalue weighted by atomic mass is 10.0. The van der Waals surface area contributed by atoms with Crippen LogP contribution in [0.2, 0.25) is 0 Å². The molecule has 0 saturated heterocycles. The summed E-state index contributed by atoms with van der Waals surface area (Å²) < 4.78 is 48.6. The van der Waals surface area contributed by atoms with Gasteiger partial charge >= 0.3 is 0 Å². The standard InChI is InChI=1S/C28H37FN2O4S/c1-20(2)8-6-9-23-12-13-28-26(15-23)35-27(18-30(5)17-24-10-7-11-25(29)14-24)21(3)16-31(22(4)19-32)36(28,33)34/h7,10-15,20-22,27,32H,8,16-19H2,1-5H3/t21-,22+,27+/m0/s1. The summed E-state index contributed by atoms with van der Waals surface area (Å²) in [6, 6.07) is 10.8. The van der Waals surface area contributed by atoms with Crippen molar-refractivity contribution in [1.82, 2.24) is 9.21 Å². The largest absolute Gasteiger partial charge is 0.487 e. The molecule has 0 spiro atoms. The number of halogens is 1. The molecule has 0 radical (unpaired) electrons. The second kappa shape index (κ2) is 12.2. The highest BCUT2D eigenvalue weighted by molar-refractivity contribution is 7.89. The Balaban J connectivity index is 1.96. The first-order valence-electron chi connectivity index (χ1n) is 12.4. The number of hydrogen-bond donors (Lipinski definition) is 1. The van der Waals surface area contributed by atoms with Gasteiger partial charge < -0.3 is 9.84 Å². The van der Waals surface area contributed by atoms with Crippen LogP contribution in [0.1, 0.15) is 45.2 Å². The van der Waals surface area contributed by atoms with E-state index in [-0.39, 0.29) is 41.6 Å². The zero-order valence-corrected chi connectivity index (χ0v) is 22.6. The molecule has 0 fully saturated rings. The minimum atomic E-state index is -3.90. The van der Waals surface area contributed by atoms with Crippen LogP contribution in [0, 0.1) is 29.5 Å². The van der Waals surface area contributed by atoms with Crippen molar-refractivity contribution in [3.05, 3.63) is 59.4 Å². The third kappa shape index (κ3) is 7.07. The Hall–Kier alpha value is -2.44. The van der Waals surface area contributed by atoms with Crippen LogP contribution in [0.5, 0.6) is 5.75 Å². The molecule has 1 N–H and O–H groups in total. The highest BCUT2D eigenvalue weighted by Crippen LogP contribution is 2.34. The number of ether oxygens (including phenoxy) is 1. The lowest BCUT2D eigenvalue weighted by molar-refractivity contribution is 0.0733. The minimum absolute atomic E-state index is 0.0712. The van der Waals surface area contributed by atoms with Gasteiger partial charge in [-0.15, -0.1) is 0 Å². The van der Waals surface area contributed by atoms with E-state index in [2.05, 4.69) is 25.7 Å². The zero-order chi connectivity index (χ0) is 26.5. The Labute approximate surface area is 215 Å². The van der Waals surface area contributed by atoms with Crippen molar-refractivity contribution in [3.8, 4) is 17.6 Å². The van der Waals surface area contributed by atoms with E-state index in [4.69, 9.17) is 4.74 Å². The van der Waals surface area contributed by atoms with Gasteiger partial charge in [0, 0.05) is 43.6 Å². The predicted octanol–water partition coefficient (Wildman–Crippen LogP) is 4.12. The van der Waals surface area contributed by atoms with Crippen LogP contribution >= 0.6 is 0 Å². The summed E-state index contributed by atoms with van der Waals surface area (Å²) in [5.41, 5.74) is 1.53. The fraction of sp³-hybridized carbons (Fsp3) is 0.500. The molecule has 1 heterocycles. The van der Waals surface area contributed by atoms with E-state index in [1.54, 1.807) is 31.2 Å². The van der Waals surface area contributed by atoms with Gasteiger partial charge in [-0.25, -0.2) is 12.8 Å². The zero-order valence-electron chi connectivity index (χ0n) is 21.7. The molecule has 6 nitrogen and oxygen atoms in total. The first kappa shape index (κ1) is 28.1. The molecule has 0 unspecified atom stereocenters. The first-order valence-corrected chi connectivity index (χ1v) is 13.8. The maximum absolute atomic E-state index is 13.7. The summed E-state index contributed by atoms with van der Waals surface area (Å²) in [6.45, 7) is 8.77. The van der Waals surface area contributed by atoms with Gasteiger partial charge in [-0.05, 0) is 55.8 Å². The average molecular weight is 517 g/mol. The van der Waals surface area contributed by atoms with E-state index >= 15 is 0 Å². The molecule has 8 heteroatoms. The van der Waals surface area contributed by atoms with Gasteiger partial charge in [-0.2, -0.15) is 4.31 Å². The van der Waals surface area contributed by atoms with Crippen molar-refractivity contribution in [2.75, 3.05) is 26.7 Å². The molecular weight excluding hydrogens is 479 g/mol. The molecule has 1 aliphatic heterocycles. The number of aliphatic hydroxyl groups is 1. The molecule has 196 valence electrons. The number of rotatable bonds is 7. The second-order valence-corrected chi connectivity index (χ2v) is 12.0. The van der Waals surface area contributed by atoms with Crippen molar-refractivity contribution in [3.63, 3.8) is 0 Å². The second-order valence-electron chi connectivity index (χ2n) is 10.1. The van der Waals surface area contributed by atoms with Gasteiger partial charge in [0.25, 0.3) is 0 Å². The van der Waals surface area contributed by atoms with Crippen molar-refractivity contribution >= 4 is 10.0 Å². The molecule has 2 aromatic carbocycles. The van der Waals surface area contributed by atoms with E-state index < -0.39 is 16.1 Å². The van der Waals surface area contributed by atoms with Gasteiger partial charge in [0.15, 0.2) is 0 Å². The van der Waals surface area contributed by atoms with Gasteiger partial charge in [0.05, 0.1) is 6.61 Å². The summed E-state index contributed by atoms with van der Waals surface area (Å²) in [6.07, 6.45) is 0.396. The van der Waals surface area contributed by atoms with Crippen molar-refractivity contribution < 1.29 is 22.7 Å². The lowest BCUT2D eigenvalue weighted by Gasteiger charge is -2.37. The third-order valence-electron chi connectivity index (χ3n) is 6.24. The quantitative estimate of drug-likeness (QED) is 0.561. The molecule has 0 amide bonds. The number of sulfonamides is 1. The SMILES string of the molecule is CC(C)CC#Cc1ccc2c(c1)O[C@H](CN(C)Cc1cccc(F)c1)[C@@H](C)CN([C@H](C)CO)S2(=O)=O. The number of aliphatic hydroxyl groups excluding tert-OH is 1. The van der Waals surface area contributed by atoms with Gasteiger partial charge in [0.1, 0.15) is 22.6 Å². The molecule has 0 aromatic heterocycles. The Morgan fingerprint density at radius 3 is 2.64 bits per heavy atom. The summed E-state index contributed by atoms with van der Waals surface area (Å²) in [7, 11) is -1.97. The smallest absolute Gasteiger partial charge is 0.247 e. The number of fused-ring (bicyclic) bond motifs is 1. The van der Waals surface area contributed by atoms with Gasteiger partial charge in [-0.3, -0.25) is 4.90 Å². The minimum Gasteiger partial charge on any atom is -0.487 e. The summed E-state index contributed by atoms with van der Waals surface area (Å²) >= 11 is 0. The van der Waals surface area contributed by atoms with Crippen molar-refractivity contribution in [2.24, 2.45) is 11.8 Å². The lowest BCUT2D eigenvalue weighted by Crippen LogP contribution is -2.49. The molecule has 1 aliphatic rings. The third-order valence-corrected chi connectivity index (χ3v) is 8.26. The van der Waals surface area contributed by atoms with Crippen molar-refractivity contribution in [2.45, 2.75) is 57.7 Å². The molecule has 0 saturated carbocycles. The van der Waals surface area contributed by atoms with E-state index in [0.717, 1.165) is 12.0 Å². The Morgan fingerprint density at radius 1 is 1.22 bits per heavy atom. The van der Waals surface area contributed by atoms with E-state index in [1.165, 1.54) is 16.4 Å². The monoisotopic (exact) mass is 516 g/mol. The van der Waals surface area contributed by atoms with Crippen LogP contribution in [0.4, 0.5) is 4.39 Å². The summed E-state index contributed by atoms with van der Waals surface area (Å²) in [4.78, 5) is 2.11. The van der Waals surface area contributed by atoms with Crippen LogP contribution in [0.3, 0.4) is 0 Å². The predicted molar refractivity (Wildman–Crippen MR) is 140 cm³/mol. The first-order chi connectivity index (χ1) is 17.0. The highest BCUT2D eigenvalue weighted by atomic mass is 32.2. The highest BCUT2D eigenvalue weighted by Gasteiger charge is 2.38. The van der Waals surface area contributed by atoms with E-state index in [9.17, 15) is 17.9 Å². The van der Waals surface area contributed by atoms with E-state index in [1.807, 2.05) is 24.9 Å². The molecule has 0 aliphatic carbocycles. The van der Waals surface area contributed by atoms with Gasteiger partial charge in [0.2, 0.25) is 10.0 Å². The number of nitrogens with zero attached hydrogens (tertiary/aromatic N) is 2. The molecule has 3 rings (SSSR count). The topological polar surface area (TPSA) is 70.1 Å². The molecule has 3 atom stereocenters. The fourth-order valence-electron chi connectivity index (χ4n) is 4.20. The van der Waals surface area contributed by atoms with Crippen LogP contribution in [0.15, 0.2) is 47.4 Å². The maximum atomic E-state index is 13.7. The number of hydrogen-bond acceptors (Lipinski definition) is 5. The maximum Gasteiger partial charge on any atom is 0.247 e. The molecule has 2 aromatic rings. The average Bonchev–Trinajstić information content (AvgIpc) is 2.80. The van der Waals surface area contributed by atoms with E-state index in [0.29, 0.717) is 24.6 Å². The molecular formula is C28H37FN2O4S. The molecule has 0 bridgehead atoms. The van der Waals surface area contributed by atoms with Crippen LogP contribution in [0.25, 0.3) is 0 Å². The van der Waals surface area contributed by atoms with Crippen LogP contribution in [-0.4, -0.2) is 61.6 Å². The molecule has 36 heavy (non-hydrogen) atoms. The Morgan fingerprint density at radius 2 is 1.97 bits per heavy atom. The normalized spacial score (nSPS) is 20.6. The Bertz CT molecular complexity index is 1210. The van der Waals surface area contributed by atoms with Crippen LogP contribution < -0.4 is 4.74 Å². The van der Waals surface area contributed by atoms with Gasteiger partial charge in [-0.1, -0.05) is 44.7 Å². The Kier molecular flexibility index (Phi) is 9.53. The number of likely N-dealkylation sites (N-methyl/N-ethyl adjacent to an activating group) is 1. The van der Waals surface area contributed by atoms with Crippen molar-refractivity contribution in [1.29, 1.82) is 0 Å². The number of benzene rings is 2.